The second-order valence-electron chi connectivity index (χ2n) is 7.64. The number of hydrogen-bond acceptors (Lipinski definition) is 4. The molecule has 1 heterocycles. The van der Waals surface area contributed by atoms with Crippen LogP contribution in [0.2, 0.25) is 0 Å². The zero-order valence-corrected chi connectivity index (χ0v) is 17.0. The summed E-state index contributed by atoms with van der Waals surface area (Å²) in [5, 5.41) is 0. The van der Waals surface area contributed by atoms with Crippen molar-refractivity contribution in [1.29, 1.82) is 0 Å². The van der Waals surface area contributed by atoms with Gasteiger partial charge in [-0.15, -0.1) is 0 Å². The van der Waals surface area contributed by atoms with Gasteiger partial charge in [-0.25, -0.2) is 4.39 Å². The lowest BCUT2D eigenvalue weighted by atomic mass is 9.94. The number of halogens is 1. The molecule has 0 saturated carbocycles. The lowest BCUT2D eigenvalue weighted by molar-refractivity contribution is -0.112. The van der Waals surface area contributed by atoms with Gasteiger partial charge in [0.2, 0.25) is 6.29 Å². The van der Waals surface area contributed by atoms with Gasteiger partial charge in [0, 0.05) is 16.7 Å². The van der Waals surface area contributed by atoms with E-state index in [0.717, 1.165) is 5.56 Å². The molecule has 4 rings (SSSR count). The number of hydrogen-bond donors (Lipinski definition) is 0. The molecule has 154 valence electrons. The van der Waals surface area contributed by atoms with E-state index in [-0.39, 0.29) is 18.2 Å². The van der Waals surface area contributed by atoms with Crippen molar-refractivity contribution in [3.8, 4) is 5.75 Å². The van der Waals surface area contributed by atoms with Crippen LogP contribution in [0.1, 0.15) is 33.3 Å². The van der Waals surface area contributed by atoms with Gasteiger partial charge in [0.05, 0.1) is 12.6 Å². The van der Waals surface area contributed by atoms with E-state index in [9.17, 15) is 9.18 Å². The number of carbonyl (C=O) groups excluding carboxylic acids is 1. The van der Waals surface area contributed by atoms with Crippen LogP contribution in [0.15, 0.2) is 72.8 Å². The van der Waals surface area contributed by atoms with Crippen molar-refractivity contribution < 1.29 is 18.7 Å². The average molecular weight is 405 g/mol. The third-order valence-corrected chi connectivity index (χ3v) is 5.29. The number of fused-ring (bicyclic) bond motifs is 1. The molecule has 0 fully saturated rings. The van der Waals surface area contributed by atoms with E-state index in [2.05, 4.69) is 0 Å². The number of ether oxygens (including phenoxy) is 2. The van der Waals surface area contributed by atoms with E-state index in [1.165, 1.54) is 12.1 Å². The number of nitrogens with zero attached hydrogens (tertiary/aromatic N) is 1. The minimum atomic E-state index is -0.564. The molecule has 5 heteroatoms. The van der Waals surface area contributed by atoms with Crippen LogP contribution in [0.25, 0.3) is 0 Å². The Hall–Kier alpha value is -3.02. The van der Waals surface area contributed by atoms with E-state index in [1.54, 1.807) is 12.1 Å². The summed E-state index contributed by atoms with van der Waals surface area (Å²) in [6.07, 6.45) is -0.229. The van der Waals surface area contributed by atoms with Crippen molar-refractivity contribution in [2.45, 2.75) is 25.4 Å². The van der Waals surface area contributed by atoms with Gasteiger partial charge in [-0.05, 0) is 38.2 Å². The fourth-order valence-electron chi connectivity index (χ4n) is 3.72. The molecule has 0 amide bonds. The highest BCUT2D eigenvalue weighted by atomic mass is 19.1. The Labute approximate surface area is 175 Å². The highest BCUT2D eigenvalue weighted by molar-refractivity contribution is 6.00. The number of carbonyl (C=O) groups is 1. The number of likely N-dealkylation sites (N-methyl/N-ethyl adjacent to an activating group) is 1. The van der Waals surface area contributed by atoms with Crippen molar-refractivity contribution in [3.63, 3.8) is 0 Å². The summed E-state index contributed by atoms with van der Waals surface area (Å²) in [6, 6.07) is 21.2. The van der Waals surface area contributed by atoms with Gasteiger partial charge in [-0.2, -0.15) is 0 Å². The summed E-state index contributed by atoms with van der Waals surface area (Å²) in [6.45, 7) is 0.249. The number of ketones is 1. The lowest BCUT2D eigenvalue weighted by Crippen LogP contribution is -2.38. The zero-order valence-electron chi connectivity index (χ0n) is 17.0. The molecule has 1 aliphatic heterocycles. The van der Waals surface area contributed by atoms with Crippen LogP contribution < -0.4 is 4.74 Å². The van der Waals surface area contributed by atoms with Crippen LogP contribution in [-0.4, -0.2) is 30.8 Å². The fourth-order valence-corrected chi connectivity index (χ4v) is 3.72. The quantitative estimate of drug-likeness (QED) is 0.553. The molecule has 0 radical (unpaired) electrons. The molecular formula is C25H24FNO3. The molecule has 0 spiro atoms. The van der Waals surface area contributed by atoms with Crippen LogP contribution >= 0.6 is 0 Å². The molecule has 0 N–H and O–H groups in total. The summed E-state index contributed by atoms with van der Waals surface area (Å²) in [5.41, 5.74) is 2.84. The normalized spacial score (nSPS) is 16.6. The van der Waals surface area contributed by atoms with Crippen molar-refractivity contribution in [3.05, 3.63) is 101 Å². The van der Waals surface area contributed by atoms with Gasteiger partial charge < -0.3 is 9.47 Å². The van der Waals surface area contributed by atoms with Crippen LogP contribution in [0.3, 0.4) is 0 Å². The Bertz CT molecular complexity index is 1020. The van der Waals surface area contributed by atoms with Gasteiger partial charge in [0.15, 0.2) is 5.78 Å². The van der Waals surface area contributed by atoms with Crippen molar-refractivity contribution in [2.24, 2.45) is 0 Å². The maximum absolute atomic E-state index is 14.3. The van der Waals surface area contributed by atoms with Crippen molar-refractivity contribution in [2.75, 3.05) is 14.1 Å². The largest absolute Gasteiger partial charge is 0.460 e. The third-order valence-electron chi connectivity index (χ3n) is 5.29. The highest BCUT2D eigenvalue weighted by Crippen LogP contribution is 2.37. The number of rotatable bonds is 6. The van der Waals surface area contributed by atoms with Crippen LogP contribution in [0.5, 0.6) is 5.75 Å². The molecule has 4 nitrogen and oxygen atoms in total. The van der Waals surface area contributed by atoms with Gasteiger partial charge in [0.1, 0.15) is 11.6 Å². The Morgan fingerprint density at radius 3 is 2.40 bits per heavy atom. The molecule has 0 aromatic heterocycles. The Morgan fingerprint density at radius 2 is 1.73 bits per heavy atom. The second kappa shape index (κ2) is 8.78. The van der Waals surface area contributed by atoms with Gasteiger partial charge in [-0.3, -0.25) is 9.69 Å². The summed E-state index contributed by atoms with van der Waals surface area (Å²) >= 11 is 0. The van der Waals surface area contributed by atoms with Crippen molar-refractivity contribution in [1.82, 2.24) is 4.90 Å². The first kappa shape index (κ1) is 20.3. The van der Waals surface area contributed by atoms with E-state index >= 15 is 0 Å². The first-order chi connectivity index (χ1) is 14.5. The predicted octanol–water partition coefficient (Wildman–Crippen LogP) is 4.79. The molecule has 0 unspecified atom stereocenters. The number of Topliss-reactive ketones (excluding diaryl/α,β-unsaturated/α-hetero) is 1. The summed E-state index contributed by atoms with van der Waals surface area (Å²) < 4.78 is 26.3. The van der Waals surface area contributed by atoms with E-state index in [4.69, 9.17) is 9.47 Å². The van der Waals surface area contributed by atoms with Crippen LogP contribution in [-0.2, 0) is 17.8 Å². The second-order valence-corrected chi connectivity index (χ2v) is 7.64. The van der Waals surface area contributed by atoms with Gasteiger partial charge in [-0.1, -0.05) is 60.7 Å². The SMILES string of the molecule is CN(C)[C@@H](Cc1cc(F)cc2c1O[C@@H](c1ccccc1)OC2)C(=O)c1ccccc1. The Morgan fingerprint density at radius 1 is 1.07 bits per heavy atom. The predicted molar refractivity (Wildman–Crippen MR) is 113 cm³/mol. The molecule has 3 aromatic rings. The van der Waals surface area contributed by atoms with Crippen LogP contribution in [0.4, 0.5) is 4.39 Å². The van der Waals surface area contributed by atoms with Gasteiger partial charge in [0.25, 0.3) is 0 Å². The summed E-state index contributed by atoms with van der Waals surface area (Å²) in [4.78, 5) is 15.0. The molecule has 0 saturated heterocycles. The monoisotopic (exact) mass is 405 g/mol. The van der Waals surface area contributed by atoms with E-state index < -0.39 is 12.3 Å². The smallest absolute Gasteiger partial charge is 0.227 e. The molecular weight excluding hydrogens is 381 g/mol. The maximum atomic E-state index is 14.3. The lowest BCUT2D eigenvalue weighted by Gasteiger charge is -2.30. The minimum Gasteiger partial charge on any atom is -0.460 e. The van der Waals surface area contributed by atoms with Gasteiger partial charge >= 0.3 is 0 Å². The molecule has 0 aliphatic carbocycles. The fraction of sp³-hybridized carbons (Fsp3) is 0.240. The first-order valence-corrected chi connectivity index (χ1v) is 9.93. The highest BCUT2D eigenvalue weighted by Gasteiger charge is 2.29. The standard InChI is InChI=1S/C25H24FNO3/c1-27(2)22(23(28)17-9-5-3-6-10-17)15-19-13-21(26)14-20-16-29-25(30-24(19)20)18-11-7-4-8-12-18/h3-14,22,25H,15-16H2,1-2H3/t22-,25-/m0/s1. The maximum Gasteiger partial charge on any atom is 0.227 e. The van der Waals surface area contributed by atoms with Crippen molar-refractivity contribution >= 4 is 5.78 Å². The molecule has 1 aliphatic rings. The zero-order chi connectivity index (χ0) is 21.1. The summed E-state index contributed by atoms with van der Waals surface area (Å²) in [5.74, 6) is 0.230. The molecule has 0 bridgehead atoms. The van der Waals surface area contributed by atoms with Crippen LogP contribution in [0, 0.1) is 5.82 Å². The Kier molecular flexibility index (Phi) is 5.93. The summed E-state index contributed by atoms with van der Waals surface area (Å²) in [7, 11) is 3.71. The minimum absolute atomic E-state index is 0.00900. The molecule has 2 atom stereocenters. The molecule has 3 aromatic carbocycles. The van der Waals surface area contributed by atoms with E-state index in [0.29, 0.717) is 28.9 Å². The topological polar surface area (TPSA) is 38.8 Å². The molecule has 30 heavy (non-hydrogen) atoms. The third kappa shape index (κ3) is 4.27. The number of benzene rings is 3. The Balaban J connectivity index is 1.65. The average Bonchev–Trinajstić information content (AvgIpc) is 2.77. The first-order valence-electron chi connectivity index (χ1n) is 9.93. The van der Waals surface area contributed by atoms with E-state index in [1.807, 2.05) is 67.5 Å².